The number of carbonyl (C=O) groups excluding carboxylic acids is 2. The number of benzene rings is 2. The van der Waals surface area contributed by atoms with Crippen molar-refractivity contribution in [2.45, 2.75) is 12.5 Å². The highest BCUT2D eigenvalue weighted by molar-refractivity contribution is 6.00. The zero-order valence-corrected chi connectivity index (χ0v) is 14.2. The molecule has 24 heavy (non-hydrogen) atoms. The van der Waals surface area contributed by atoms with Crippen LogP contribution in [0.3, 0.4) is 0 Å². The first-order valence-electron chi connectivity index (χ1n) is 8.15. The van der Waals surface area contributed by atoms with Gasteiger partial charge in [-0.1, -0.05) is 60.7 Å². The second kappa shape index (κ2) is 9.11. The molecule has 0 aliphatic carbocycles. The molecule has 0 aliphatic heterocycles. The van der Waals surface area contributed by atoms with E-state index in [0.717, 1.165) is 5.56 Å². The zero-order valence-electron chi connectivity index (χ0n) is 14.2. The molecule has 0 aromatic heterocycles. The fraction of sp³-hybridized carbons (Fsp3) is 0.300. The van der Waals surface area contributed by atoms with E-state index in [2.05, 4.69) is 5.32 Å². The van der Waals surface area contributed by atoms with Gasteiger partial charge in [0.1, 0.15) is 0 Å². The summed E-state index contributed by atoms with van der Waals surface area (Å²) in [6, 6.07) is 18.3. The monoisotopic (exact) mass is 324 g/mol. The Labute approximate surface area is 143 Å². The second-order valence-electron chi connectivity index (χ2n) is 5.87. The molecule has 0 fully saturated rings. The van der Waals surface area contributed by atoms with Crippen LogP contribution in [-0.4, -0.2) is 49.7 Å². The molecule has 0 heterocycles. The molecule has 126 valence electrons. The molecule has 2 aromatic rings. The van der Waals surface area contributed by atoms with Crippen LogP contribution in [0.25, 0.3) is 0 Å². The lowest BCUT2D eigenvalue weighted by Crippen LogP contribution is -2.44. The second-order valence-corrected chi connectivity index (χ2v) is 5.87. The Morgan fingerprint density at radius 3 is 2.04 bits per heavy atom. The van der Waals surface area contributed by atoms with Gasteiger partial charge in [0.2, 0.25) is 0 Å². The number of nitrogens with one attached hydrogen (secondary N) is 1. The largest absolute Gasteiger partial charge is 0.309 e. The van der Waals surface area contributed by atoms with Gasteiger partial charge < -0.3 is 10.2 Å². The molecule has 1 atom stereocenters. The predicted octanol–water partition coefficient (Wildman–Crippen LogP) is 2.66. The van der Waals surface area contributed by atoms with E-state index in [9.17, 15) is 9.59 Å². The lowest BCUT2D eigenvalue weighted by molar-refractivity contribution is 0.0918. The maximum Gasteiger partial charge on any atom is 0.181 e. The highest BCUT2D eigenvalue weighted by Gasteiger charge is 2.20. The minimum absolute atomic E-state index is 0.0688. The summed E-state index contributed by atoms with van der Waals surface area (Å²) in [5.74, 6) is 0.192. The van der Waals surface area contributed by atoms with Crippen molar-refractivity contribution in [1.82, 2.24) is 10.2 Å². The molecular weight excluding hydrogens is 300 g/mol. The maximum atomic E-state index is 12.5. The van der Waals surface area contributed by atoms with Gasteiger partial charge in [-0.05, 0) is 14.1 Å². The van der Waals surface area contributed by atoms with E-state index in [0.29, 0.717) is 25.1 Å². The average molecular weight is 324 g/mol. The molecule has 0 spiro atoms. The van der Waals surface area contributed by atoms with Gasteiger partial charge in [0.05, 0.1) is 6.04 Å². The topological polar surface area (TPSA) is 49.4 Å². The van der Waals surface area contributed by atoms with Crippen LogP contribution >= 0.6 is 0 Å². The van der Waals surface area contributed by atoms with Gasteiger partial charge in [0, 0.05) is 30.6 Å². The molecular formula is C20H24N2O2. The third kappa shape index (κ3) is 5.11. The van der Waals surface area contributed by atoms with Gasteiger partial charge in [-0.3, -0.25) is 9.59 Å². The Balaban J connectivity index is 1.87. The van der Waals surface area contributed by atoms with Gasteiger partial charge in [0.25, 0.3) is 0 Å². The third-order valence-electron chi connectivity index (χ3n) is 4.03. The van der Waals surface area contributed by atoms with Crippen LogP contribution in [0, 0.1) is 0 Å². The molecule has 0 bridgehead atoms. The summed E-state index contributed by atoms with van der Waals surface area (Å²) in [4.78, 5) is 26.7. The highest BCUT2D eigenvalue weighted by atomic mass is 16.1. The molecule has 2 rings (SSSR count). The Kier molecular flexibility index (Phi) is 6.85. The Bertz CT molecular complexity index is 656. The summed E-state index contributed by atoms with van der Waals surface area (Å²) in [5, 5.41) is 3.07. The van der Waals surface area contributed by atoms with E-state index in [1.54, 1.807) is 7.05 Å². The molecule has 2 aromatic carbocycles. The maximum absolute atomic E-state index is 12.5. The molecule has 0 radical (unpaired) electrons. The van der Waals surface area contributed by atoms with Crippen LogP contribution in [-0.2, 0) is 0 Å². The van der Waals surface area contributed by atoms with E-state index in [-0.39, 0.29) is 17.6 Å². The summed E-state index contributed by atoms with van der Waals surface area (Å²) in [7, 11) is 3.72. The molecule has 0 saturated carbocycles. The average Bonchev–Trinajstić information content (AvgIpc) is 2.65. The Hall–Kier alpha value is -2.30. The van der Waals surface area contributed by atoms with Crippen molar-refractivity contribution < 1.29 is 9.59 Å². The van der Waals surface area contributed by atoms with E-state index in [1.165, 1.54) is 0 Å². The number of likely N-dealkylation sites (N-methyl/N-ethyl adjacent to an activating group) is 2. The van der Waals surface area contributed by atoms with Gasteiger partial charge in [-0.25, -0.2) is 0 Å². The SMILES string of the molecule is CN[C@@H](CN(C)CCC(=O)c1ccccc1)C(=O)c1ccccc1. The summed E-state index contributed by atoms with van der Waals surface area (Å²) in [6.07, 6.45) is 0.441. The normalized spacial score (nSPS) is 12.1. The minimum Gasteiger partial charge on any atom is -0.309 e. The van der Waals surface area contributed by atoms with Crippen LogP contribution in [0.5, 0.6) is 0 Å². The molecule has 0 aliphatic rings. The zero-order chi connectivity index (χ0) is 17.4. The van der Waals surface area contributed by atoms with Crippen molar-refractivity contribution >= 4 is 11.6 Å². The number of hydrogen-bond donors (Lipinski definition) is 1. The van der Waals surface area contributed by atoms with E-state index in [4.69, 9.17) is 0 Å². The van der Waals surface area contributed by atoms with Crippen molar-refractivity contribution in [3.8, 4) is 0 Å². The first kappa shape index (κ1) is 18.0. The van der Waals surface area contributed by atoms with Crippen molar-refractivity contribution in [2.75, 3.05) is 27.2 Å². The molecule has 1 N–H and O–H groups in total. The smallest absolute Gasteiger partial charge is 0.181 e. The van der Waals surface area contributed by atoms with Crippen LogP contribution in [0.15, 0.2) is 60.7 Å². The Morgan fingerprint density at radius 2 is 1.50 bits per heavy atom. The fourth-order valence-electron chi connectivity index (χ4n) is 2.57. The first-order chi connectivity index (χ1) is 11.6. The highest BCUT2D eigenvalue weighted by Crippen LogP contribution is 2.07. The summed E-state index contributed by atoms with van der Waals surface area (Å²) in [5.41, 5.74) is 1.43. The van der Waals surface area contributed by atoms with Crippen LogP contribution in [0.1, 0.15) is 27.1 Å². The van der Waals surface area contributed by atoms with Gasteiger partial charge in [-0.15, -0.1) is 0 Å². The fourth-order valence-corrected chi connectivity index (χ4v) is 2.57. The Morgan fingerprint density at radius 1 is 0.958 bits per heavy atom. The number of nitrogens with zero attached hydrogens (tertiary/aromatic N) is 1. The lowest BCUT2D eigenvalue weighted by Gasteiger charge is -2.22. The van der Waals surface area contributed by atoms with Crippen LogP contribution in [0.2, 0.25) is 0 Å². The lowest BCUT2D eigenvalue weighted by atomic mass is 10.0. The standard InChI is InChI=1S/C20H24N2O2/c1-21-18(20(24)17-11-7-4-8-12-17)15-22(2)14-13-19(23)16-9-5-3-6-10-16/h3-12,18,21H,13-15H2,1-2H3/t18-/m0/s1. The number of rotatable bonds is 9. The van der Waals surface area contributed by atoms with Crippen molar-refractivity contribution in [2.24, 2.45) is 0 Å². The van der Waals surface area contributed by atoms with E-state index in [1.807, 2.05) is 72.6 Å². The summed E-state index contributed by atoms with van der Waals surface area (Å²) >= 11 is 0. The molecule has 0 amide bonds. The van der Waals surface area contributed by atoms with Crippen molar-refractivity contribution in [1.29, 1.82) is 0 Å². The van der Waals surface area contributed by atoms with Crippen molar-refractivity contribution in [3.05, 3.63) is 71.8 Å². The number of ketones is 2. The van der Waals surface area contributed by atoms with Gasteiger partial charge in [0.15, 0.2) is 11.6 Å². The van der Waals surface area contributed by atoms with Gasteiger partial charge in [-0.2, -0.15) is 0 Å². The van der Waals surface area contributed by atoms with Crippen LogP contribution < -0.4 is 5.32 Å². The number of carbonyl (C=O) groups is 2. The molecule has 0 saturated heterocycles. The van der Waals surface area contributed by atoms with Gasteiger partial charge >= 0.3 is 0 Å². The quantitative estimate of drug-likeness (QED) is 0.721. The number of Topliss-reactive ketones (excluding diaryl/α,β-unsaturated/α-hetero) is 2. The molecule has 0 unspecified atom stereocenters. The van der Waals surface area contributed by atoms with E-state index >= 15 is 0 Å². The van der Waals surface area contributed by atoms with Crippen molar-refractivity contribution in [3.63, 3.8) is 0 Å². The van der Waals surface area contributed by atoms with E-state index < -0.39 is 0 Å². The van der Waals surface area contributed by atoms with Crippen LogP contribution in [0.4, 0.5) is 0 Å². The summed E-state index contributed by atoms with van der Waals surface area (Å²) in [6.45, 7) is 1.18. The predicted molar refractivity (Wildman–Crippen MR) is 96.5 cm³/mol. The molecule has 4 nitrogen and oxygen atoms in total. The third-order valence-corrected chi connectivity index (χ3v) is 4.03. The molecule has 4 heteroatoms. The minimum atomic E-state index is -0.288. The first-order valence-corrected chi connectivity index (χ1v) is 8.15. The number of hydrogen-bond acceptors (Lipinski definition) is 4. The summed E-state index contributed by atoms with van der Waals surface area (Å²) < 4.78 is 0.